The Morgan fingerprint density at radius 1 is 1.17 bits per heavy atom. The van der Waals surface area contributed by atoms with Crippen molar-refractivity contribution >= 4 is 15.8 Å². The first-order valence-electron chi connectivity index (χ1n) is 10.6. The lowest BCUT2D eigenvalue weighted by Crippen LogP contribution is -2.40. The third-order valence-electron chi connectivity index (χ3n) is 4.99. The largest absolute Gasteiger partial charge is 0.497 e. The molecule has 8 nitrogen and oxygen atoms in total. The molecule has 2 rings (SSSR count). The lowest BCUT2D eigenvalue weighted by atomic mass is 10.1. The van der Waals surface area contributed by atoms with Gasteiger partial charge in [0.15, 0.2) is 5.96 Å². The normalized spacial score (nSPS) is 16.4. The van der Waals surface area contributed by atoms with Gasteiger partial charge in [0.05, 0.1) is 38.7 Å². The van der Waals surface area contributed by atoms with Gasteiger partial charge in [-0.15, -0.1) is 0 Å². The number of aliphatic imine (C=N–C) groups is 1. The van der Waals surface area contributed by atoms with Gasteiger partial charge in [0.1, 0.15) is 15.6 Å². The predicted octanol–water partition coefficient (Wildman–Crippen LogP) is 1.45. The smallest absolute Gasteiger partial charge is 0.191 e. The van der Waals surface area contributed by atoms with Crippen LogP contribution < -0.4 is 15.4 Å². The summed E-state index contributed by atoms with van der Waals surface area (Å²) in [5.41, 5.74) is 1.24. The summed E-state index contributed by atoms with van der Waals surface area (Å²) in [6.45, 7) is 6.81. The minimum atomic E-state index is -2.99. The van der Waals surface area contributed by atoms with Crippen molar-refractivity contribution in [1.82, 2.24) is 15.5 Å². The van der Waals surface area contributed by atoms with E-state index in [2.05, 4.69) is 27.7 Å². The number of sulfone groups is 1. The summed E-state index contributed by atoms with van der Waals surface area (Å²) in [4.78, 5) is 7.29. The second-order valence-electron chi connectivity index (χ2n) is 7.42. The SMILES string of the molecule is CCNC(=NCC(c1ccc(OC)cc1)N1CCCC1)NCCOCCS(C)(=O)=O. The highest BCUT2D eigenvalue weighted by Crippen LogP contribution is 2.27. The Labute approximate surface area is 181 Å². The minimum Gasteiger partial charge on any atom is -0.497 e. The maximum absolute atomic E-state index is 11.1. The van der Waals surface area contributed by atoms with Crippen LogP contribution >= 0.6 is 0 Å². The highest BCUT2D eigenvalue weighted by Gasteiger charge is 2.23. The van der Waals surface area contributed by atoms with Gasteiger partial charge in [-0.1, -0.05) is 12.1 Å². The average molecular weight is 441 g/mol. The van der Waals surface area contributed by atoms with Gasteiger partial charge in [-0.3, -0.25) is 9.89 Å². The summed E-state index contributed by atoms with van der Waals surface area (Å²) in [5, 5.41) is 6.52. The van der Waals surface area contributed by atoms with Gasteiger partial charge in [0, 0.05) is 19.3 Å². The molecule has 1 aromatic rings. The van der Waals surface area contributed by atoms with E-state index in [1.54, 1.807) is 7.11 Å². The third-order valence-corrected chi connectivity index (χ3v) is 5.89. The van der Waals surface area contributed by atoms with Crippen molar-refractivity contribution in [2.24, 2.45) is 4.99 Å². The van der Waals surface area contributed by atoms with Gasteiger partial charge in [-0.05, 0) is 50.6 Å². The standard InChI is InChI=1S/C21H36N4O4S/c1-4-22-21(23-11-14-29-15-16-30(3,26)27)24-17-20(25-12-5-6-13-25)18-7-9-19(28-2)10-8-18/h7-10,20H,4-6,11-17H2,1-3H3,(H2,22,23,24). The van der Waals surface area contributed by atoms with Crippen LogP contribution in [0.5, 0.6) is 5.75 Å². The molecule has 0 saturated carbocycles. The molecule has 0 bridgehead atoms. The zero-order valence-corrected chi connectivity index (χ0v) is 19.2. The number of methoxy groups -OCH3 is 1. The number of guanidine groups is 1. The topological polar surface area (TPSA) is 92.3 Å². The van der Waals surface area contributed by atoms with E-state index in [0.29, 0.717) is 19.7 Å². The molecule has 1 saturated heterocycles. The first kappa shape index (κ1) is 24.4. The Morgan fingerprint density at radius 3 is 2.47 bits per heavy atom. The molecular weight excluding hydrogens is 404 g/mol. The van der Waals surface area contributed by atoms with Crippen LogP contribution in [0.2, 0.25) is 0 Å². The van der Waals surface area contributed by atoms with Crippen LogP contribution in [0.1, 0.15) is 31.4 Å². The Balaban J connectivity index is 1.93. The van der Waals surface area contributed by atoms with Crippen molar-refractivity contribution in [3.8, 4) is 5.75 Å². The number of hydrogen-bond acceptors (Lipinski definition) is 6. The number of nitrogens with one attached hydrogen (secondary N) is 2. The molecule has 1 aliphatic heterocycles. The lowest BCUT2D eigenvalue weighted by molar-refractivity contribution is 0.154. The van der Waals surface area contributed by atoms with Crippen LogP contribution in [0, 0.1) is 0 Å². The molecule has 0 spiro atoms. The number of likely N-dealkylation sites (tertiary alicyclic amines) is 1. The molecule has 1 atom stereocenters. The van der Waals surface area contributed by atoms with E-state index in [-0.39, 0.29) is 18.4 Å². The molecule has 1 aliphatic rings. The molecule has 0 amide bonds. The molecule has 1 fully saturated rings. The van der Waals surface area contributed by atoms with Crippen molar-refractivity contribution in [3.63, 3.8) is 0 Å². The second-order valence-corrected chi connectivity index (χ2v) is 9.68. The van der Waals surface area contributed by atoms with E-state index < -0.39 is 9.84 Å². The van der Waals surface area contributed by atoms with Crippen LogP contribution in [0.15, 0.2) is 29.3 Å². The van der Waals surface area contributed by atoms with E-state index in [4.69, 9.17) is 14.5 Å². The van der Waals surface area contributed by atoms with Gasteiger partial charge >= 0.3 is 0 Å². The molecule has 30 heavy (non-hydrogen) atoms. The lowest BCUT2D eigenvalue weighted by Gasteiger charge is -2.27. The summed E-state index contributed by atoms with van der Waals surface area (Å²) in [6.07, 6.45) is 3.66. The first-order chi connectivity index (χ1) is 14.4. The van der Waals surface area contributed by atoms with E-state index in [1.807, 2.05) is 19.1 Å². The van der Waals surface area contributed by atoms with Crippen molar-refractivity contribution in [2.45, 2.75) is 25.8 Å². The third kappa shape index (κ3) is 8.89. The number of nitrogens with zero attached hydrogens (tertiary/aromatic N) is 2. The molecule has 0 radical (unpaired) electrons. The van der Waals surface area contributed by atoms with Crippen molar-refractivity contribution < 1.29 is 17.9 Å². The molecular formula is C21H36N4O4S. The fraction of sp³-hybridized carbons (Fsp3) is 0.667. The fourth-order valence-corrected chi connectivity index (χ4v) is 3.81. The maximum atomic E-state index is 11.1. The summed E-state index contributed by atoms with van der Waals surface area (Å²) in [6, 6.07) is 8.46. The number of benzene rings is 1. The monoisotopic (exact) mass is 440 g/mol. The van der Waals surface area contributed by atoms with Gasteiger partial charge in [-0.2, -0.15) is 0 Å². The summed E-state index contributed by atoms with van der Waals surface area (Å²) in [5.74, 6) is 1.63. The Morgan fingerprint density at radius 2 is 1.87 bits per heavy atom. The van der Waals surface area contributed by atoms with Gasteiger partial charge < -0.3 is 20.1 Å². The molecule has 2 N–H and O–H groups in total. The second kappa shape index (κ2) is 12.8. The number of hydrogen-bond donors (Lipinski definition) is 2. The Hall–Kier alpha value is -1.84. The van der Waals surface area contributed by atoms with Gasteiger partial charge in [0.25, 0.3) is 0 Å². The molecule has 1 aromatic carbocycles. The highest BCUT2D eigenvalue weighted by atomic mass is 32.2. The molecule has 0 aromatic heterocycles. The van der Waals surface area contributed by atoms with Gasteiger partial charge in [0.2, 0.25) is 0 Å². The summed E-state index contributed by atoms with van der Waals surface area (Å²) < 4.78 is 32.9. The maximum Gasteiger partial charge on any atom is 0.191 e. The zero-order chi connectivity index (χ0) is 21.8. The Kier molecular flexibility index (Phi) is 10.4. The van der Waals surface area contributed by atoms with E-state index in [9.17, 15) is 8.42 Å². The molecule has 1 unspecified atom stereocenters. The zero-order valence-electron chi connectivity index (χ0n) is 18.4. The van der Waals surface area contributed by atoms with Crippen LogP contribution in [-0.2, 0) is 14.6 Å². The number of rotatable bonds is 12. The van der Waals surface area contributed by atoms with E-state index in [1.165, 1.54) is 24.7 Å². The van der Waals surface area contributed by atoms with Gasteiger partial charge in [-0.25, -0.2) is 8.42 Å². The van der Waals surface area contributed by atoms with E-state index in [0.717, 1.165) is 31.3 Å². The van der Waals surface area contributed by atoms with Crippen molar-refractivity contribution in [3.05, 3.63) is 29.8 Å². The summed E-state index contributed by atoms with van der Waals surface area (Å²) in [7, 11) is -1.31. The van der Waals surface area contributed by atoms with Crippen LogP contribution in [-0.4, -0.2) is 84.3 Å². The quantitative estimate of drug-likeness (QED) is 0.289. The predicted molar refractivity (Wildman–Crippen MR) is 121 cm³/mol. The highest BCUT2D eigenvalue weighted by molar-refractivity contribution is 7.90. The average Bonchev–Trinajstić information content (AvgIpc) is 3.24. The van der Waals surface area contributed by atoms with E-state index >= 15 is 0 Å². The van der Waals surface area contributed by atoms with Crippen LogP contribution in [0.3, 0.4) is 0 Å². The van der Waals surface area contributed by atoms with Crippen molar-refractivity contribution in [1.29, 1.82) is 0 Å². The molecule has 170 valence electrons. The fourth-order valence-electron chi connectivity index (χ4n) is 3.38. The molecule has 1 heterocycles. The Bertz CT molecular complexity index is 747. The molecule has 0 aliphatic carbocycles. The summed E-state index contributed by atoms with van der Waals surface area (Å²) >= 11 is 0. The molecule has 9 heteroatoms. The first-order valence-corrected chi connectivity index (χ1v) is 12.6. The number of ether oxygens (including phenoxy) is 2. The van der Waals surface area contributed by atoms with Crippen LogP contribution in [0.25, 0.3) is 0 Å². The van der Waals surface area contributed by atoms with Crippen LogP contribution in [0.4, 0.5) is 0 Å². The van der Waals surface area contributed by atoms with Crippen molar-refractivity contribution in [2.75, 3.05) is 65.1 Å². The minimum absolute atomic E-state index is 0.0422.